The first-order valence-corrected chi connectivity index (χ1v) is 7.93. The minimum Gasteiger partial charge on any atom is -0.462 e. The number of nitrogens with one attached hydrogen (secondary N) is 1. The van der Waals surface area contributed by atoms with Crippen molar-refractivity contribution in [2.75, 3.05) is 24.2 Å². The summed E-state index contributed by atoms with van der Waals surface area (Å²) in [7, 11) is 0. The summed E-state index contributed by atoms with van der Waals surface area (Å²) >= 11 is 0. The van der Waals surface area contributed by atoms with Crippen LogP contribution in [0.25, 0.3) is 0 Å². The third-order valence-electron chi connectivity index (χ3n) is 3.73. The smallest absolute Gasteiger partial charge is 0.340 e. The molecular weight excluding hydrogens is 264 g/mol. The maximum atomic E-state index is 11.8. The molecule has 0 bridgehead atoms. The largest absolute Gasteiger partial charge is 0.462 e. The summed E-state index contributed by atoms with van der Waals surface area (Å²) < 4.78 is 5.02. The molecular formula is C17H28N2O2. The Morgan fingerprint density at radius 3 is 2.71 bits per heavy atom. The number of carbonyl (C=O) groups is 1. The third-order valence-corrected chi connectivity index (χ3v) is 3.73. The number of carbonyl (C=O) groups excluding carboxylic acids is 1. The summed E-state index contributed by atoms with van der Waals surface area (Å²) in [6.45, 7) is 7.44. The number of rotatable bonds is 9. The van der Waals surface area contributed by atoms with Gasteiger partial charge in [-0.25, -0.2) is 4.79 Å². The highest BCUT2D eigenvalue weighted by molar-refractivity contribution is 5.98. The van der Waals surface area contributed by atoms with Crippen LogP contribution in [-0.2, 0) is 4.74 Å². The van der Waals surface area contributed by atoms with Gasteiger partial charge in [0, 0.05) is 6.54 Å². The molecule has 0 saturated carbocycles. The Kier molecular flexibility index (Phi) is 7.65. The second-order valence-electron chi connectivity index (χ2n) is 5.28. The lowest BCUT2D eigenvalue weighted by atomic mass is 9.99. The normalized spacial score (nSPS) is 12.0. The molecule has 1 atom stereocenters. The standard InChI is InChI=1S/C17H28N2O2/c1-4-7-9-13(5-2)12-19-15-11-8-10-14(16(15)18)17(20)21-6-3/h8,10-11,13,19H,4-7,9,12,18H2,1-3H3. The molecule has 4 heteroatoms. The summed E-state index contributed by atoms with van der Waals surface area (Å²) in [6.07, 6.45) is 4.83. The zero-order chi connectivity index (χ0) is 15.7. The zero-order valence-corrected chi connectivity index (χ0v) is 13.4. The Hall–Kier alpha value is -1.71. The monoisotopic (exact) mass is 292 g/mol. The molecule has 0 aliphatic rings. The van der Waals surface area contributed by atoms with E-state index in [2.05, 4.69) is 19.2 Å². The van der Waals surface area contributed by atoms with Gasteiger partial charge in [-0.3, -0.25) is 0 Å². The molecule has 0 aromatic heterocycles. The highest BCUT2D eigenvalue weighted by Gasteiger charge is 2.14. The fraction of sp³-hybridized carbons (Fsp3) is 0.588. The lowest BCUT2D eigenvalue weighted by Crippen LogP contribution is -2.16. The van der Waals surface area contributed by atoms with Gasteiger partial charge in [-0.2, -0.15) is 0 Å². The van der Waals surface area contributed by atoms with Crippen molar-refractivity contribution in [1.82, 2.24) is 0 Å². The number of esters is 1. The molecule has 3 N–H and O–H groups in total. The van der Waals surface area contributed by atoms with Crippen molar-refractivity contribution in [2.45, 2.75) is 46.5 Å². The highest BCUT2D eigenvalue weighted by Crippen LogP contribution is 2.24. The minimum absolute atomic E-state index is 0.352. The Morgan fingerprint density at radius 2 is 2.10 bits per heavy atom. The third kappa shape index (κ3) is 5.29. The van der Waals surface area contributed by atoms with E-state index in [0.29, 0.717) is 23.8 Å². The van der Waals surface area contributed by atoms with Gasteiger partial charge >= 0.3 is 5.97 Å². The van der Waals surface area contributed by atoms with Crippen molar-refractivity contribution in [3.63, 3.8) is 0 Å². The predicted molar refractivity (Wildman–Crippen MR) is 88.6 cm³/mol. The van der Waals surface area contributed by atoms with Crippen LogP contribution in [0.4, 0.5) is 11.4 Å². The lowest BCUT2D eigenvalue weighted by Gasteiger charge is -2.18. The van der Waals surface area contributed by atoms with Gasteiger partial charge in [-0.05, 0) is 31.4 Å². The molecule has 0 heterocycles. The Morgan fingerprint density at radius 1 is 1.33 bits per heavy atom. The van der Waals surface area contributed by atoms with Crippen molar-refractivity contribution < 1.29 is 9.53 Å². The summed E-state index contributed by atoms with van der Waals surface area (Å²) in [6, 6.07) is 5.44. The van der Waals surface area contributed by atoms with E-state index in [1.54, 1.807) is 13.0 Å². The van der Waals surface area contributed by atoms with E-state index < -0.39 is 0 Å². The van der Waals surface area contributed by atoms with Crippen LogP contribution in [0.3, 0.4) is 0 Å². The molecule has 21 heavy (non-hydrogen) atoms. The van der Waals surface area contributed by atoms with E-state index >= 15 is 0 Å². The van der Waals surface area contributed by atoms with Gasteiger partial charge in [-0.15, -0.1) is 0 Å². The Labute approximate surface area is 128 Å². The van der Waals surface area contributed by atoms with E-state index in [9.17, 15) is 4.79 Å². The van der Waals surface area contributed by atoms with Crippen LogP contribution < -0.4 is 11.1 Å². The van der Waals surface area contributed by atoms with Crippen LogP contribution in [0.5, 0.6) is 0 Å². The molecule has 0 fully saturated rings. The molecule has 1 aromatic rings. The first-order chi connectivity index (χ1) is 10.1. The molecule has 1 unspecified atom stereocenters. The van der Waals surface area contributed by atoms with Gasteiger partial charge in [-0.1, -0.05) is 39.2 Å². The second kappa shape index (κ2) is 9.27. The quantitative estimate of drug-likeness (QED) is 0.532. The summed E-state index contributed by atoms with van der Waals surface area (Å²) in [5.41, 5.74) is 7.80. The number of benzene rings is 1. The minimum atomic E-state index is -0.364. The molecule has 1 rings (SSSR count). The fourth-order valence-electron chi connectivity index (χ4n) is 2.30. The van der Waals surface area contributed by atoms with E-state index in [0.717, 1.165) is 18.7 Å². The molecule has 1 aromatic carbocycles. The van der Waals surface area contributed by atoms with Gasteiger partial charge in [0.25, 0.3) is 0 Å². The topological polar surface area (TPSA) is 64.3 Å². The zero-order valence-electron chi connectivity index (χ0n) is 13.4. The first kappa shape index (κ1) is 17.3. The maximum Gasteiger partial charge on any atom is 0.340 e. The molecule has 0 radical (unpaired) electrons. The van der Waals surface area contributed by atoms with Crippen LogP contribution in [0.2, 0.25) is 0 Å². The van der Waals surface area contributed by atoms with Crippen molar-refractivity contribution in [3.8, 4) is 0 Å². The molecule has 0 aliphatic carbocycles. The molecule has 4 nitrogen and oxygen atoms in total. The number of hydrogen-bond acceptors (Lipinski definition) is 4. The number of hydrogen-bond donors (Lipinski definition) is 2. The number of ether oxygens (including phenoxy) is 1. The van der Waals surface area contributed by atoms with Gasteiger partial charge in [0.05, 0.1) is 23.5 Å². The van der Waals surface area contributed by atoms with Crippen LogP contribution in [0.15, 0.2) is 18.2 Å². The molecule has 0 spiro atoms. The summed E-state index contributed by atoms with van der Waals surface area (Å²) in [4.78, 5) is 11.8. The van der Waals surface area contributed by atoms with Crippen LogP contribution >= 0.6 is 0 Å². The summed E-state index contributed by atoms with van der Waals surface area (Å²) in [5, 5.41) is 3.38. The number of para-hydroxylation sites is 1. The van der Waals surface area contributed by atoms with E-state index in [1.807, 2.05) is 12.1 Å². The summed E-state index contributed by atoms with van der Waals surface area (Å²) in [5.74, 6) is 0.271. The van der Waals surface area contributed by atoms with E-state index in [1.165, 1.54) is 19.3 Å². The Balaban J connectivity index is 2.71. The molecule has 0 amide bonds. The number of unbranched alkanes of at least 4 members (excludes halogenated alkanes) is 1. The predicted octanol–water partition coefficient (Wildman–Crippen LogP) is 4.07. The first-order valence-electron chi connectivity index (χ1n) is 7.93. The number of anilines is 2. The number of nitrogen functional groups attached to an aromatic ring is 1. The molecule has 0 aliphatic heterocycles. The van der Waals surface area contributed by atoms with Gasteiger partial charge in [0.15, 0.2) is 0 Å². The molecule has 0 saturated heterocycles. The Bertz CT molecular complexity index is 446. The van der Waals surface area contributed by atoms with Gasteiger partial charge in [0.1, 0.15) is 0 Å². The van der Waals surface area contributed by atoms with Crippen molar-refractivity contribution in [2.24, 2.45) is 5.92 Å². The number of nitrogens with two attached hydrogens (primary N) is 1. The van der Waals surface area contributed by atoms with Crippen LogP contribution in [0, 0.1) is 5.92 Å². The van der Waals surface area contributed by atoms with E-state index in [-0.39, 0.29) is 5.97 Å². The van der Waals surface area contributed by atoms with Gasteiger partial charge in [0.2, 0.25) is 0 Å². The fourth-order valence-corrected chi connectivity index (χ4v) is 2.30. The van der Waals surface area contributed by atoms with Crippen molar-refractivity contribution in [1.29, 1.82) is 0 Å². The van der Waals surface area contributed by atoms with Crippen molar-refractivity contribution >= 4 is 17.3 Å². The van der Waals surface area contributed by atoms with Crippen LogP contribution in [0.1, 0.15) is 56.8 Å². The average Bonchev–Trinajstić information content (AvgIpc) is 2.49. The van der Waals surface area contributed by atoms with Gasteiger partial charge < -0.3 is 15.8 Å². The SMILES string of the molecule is CCCCC(CC)CNc1cccc(C(=O)OCC)c1N. The second-order valence-corrected chi connectivity index (χ2v) is 5.28. The van der Waals surface area contributed by atoms with Crippen molar-refractivity contribution in [3.05, 3.63) is 23.8 Å². The lowest BCUT2D eigenvalue weighted by molar-refractivity contribution is 0.0527. The van der Waals surface area contributed by atoms with E-state index in [4.69, 9.17) is 10.5 Å². The van der Waals surface area contributed by atoms with Crippen LogP contribution in [-0.4, -0.2) is 19.1 Å². The molecule has 118 valence electrons. The highest BCUT2D eigenvalue weighted by atomic mass is 16.5. The average molecular weight is 292 g/mol. The maximum absolute atomic E-state index is 11.8.